The van der Waals surface area contributed by atoms with Crippen molar-refractivity contribution >= 4 is 23.7 Å². The topological polar surface area (TPSA) is 98.5 Å². The molecule has 3 heterocycles. The SMILES string of the molecule is CSc1nc2n(n1)[C@H](c1ccc3c(c1)OCO3)C=C(C(=O)O)N2. The Bertz CT molecular complexity index is 832. The molecule has 2 N–H and O–H groups in total. The maximum atomic E-state index is 11.4. The second kappa shape index (κ2) is 5.20. The molecule has 0 amide bonds. The van der Waals surface area contributed by atoms with E-state index in [0.717, 1.165) is 5.56 Å². The highest BCUT2D eigenvalue weighted by atomic mass is 32.2. The van der Waals surface area contributed by atoms with Gasteiger partial charge in [0.25, 0.3) is 0 Å². The summed E-state index contributed by atoms with van der Waals surface area (Å²) in [6, 6.07) is 5.11. The predicted octanol–water partition coefficient (Wildman–Crippen LogP) is 1.71. The van der Waals surface area contributed by atoms with Gasteiger partial charge in [0.05, 0.1) is 0 Å². The lowest BCUT2D eigenvalue weighted by Gasteiger charge is -2.22. The maximum absolute atomic E-state index is 11.4. The maximum Gasteiger partial charge on any atom is 0.352 e. The Morgan fingerprint density at radius 3 is 3.04 bits per heavy atom. The molecule has 2 aliphatic rings. The molecule has 0 aliphatic carbocycles. The number of ether oxygens (including phenoxy) is 2. The molecule has 1 aromatic carbocycles. The number of nitrogens with one attached hydrogen (secondary N) is 1. The number of allylic oxidation sites excluding steroid dienone is 1. The monoisotopic (exact) mass is 332 g/mol. The summed E-state index contributed by atoms with van der Waals surface area (Å²) in [5.74, 6) is 0.666. The fraction of sp³-hybridized carbons (Fsp3) is 0.214. The number of carboxylic acid groups (broad SMARTS) is 1. The van der Waals surface area contributed by atoms with Crippen molar-refractivity contribution in [2.75, 3.05) is 18.4 Å². The number of aromatic nitrogens is 3. The van der Waals surface area contributed by atoms with Gasteiger partial charge >= 0.3 is 5.97 Å². The summed E-state index contributed by atoms with van der Waals surface area (Å²) in [6.45, 7) is 0.187. The molecule has 0 bridgehead atoms. The van der Waals surface area contributed by atoms with E-state index in [0.29, 0.717) is 22.6 Å². The van der Waals surface area contributed by atoms with Crippen LogP contribution in [0.5, 0.6) is 11.5 Å². The zero-order chi connectivity index (χ0) is 16.0. The highest BCUT2D eigenvalue weighted by Gasteiger charge is 2.28. The van der Waals surface area contributed by atoms with Crippen molar-refractivity contribution in [2.45, 2.75) is 11.2 Å². The van der Waals surface area contributed by atoms with E-state index in [2.05, 4.69) is 15.4 Å². The minimum Gasteiger partial charge on any atom is -0.477 e. The third-order valence-electron chi connectivity index (χ3n) is 3.60. The zero-order valence-corrected chi connectivity index (χ0v) is 12.8. The van der Waals surface area contributed by atoms with Crippen LogP contribution in [0.2, 0.25) is 0 Å². The third-order valence-corrected chi connectivity index (χ3v) is 4.14. The van der Waals surface area contributed by atoms with E-state index in [1.54, 1.807) is 16.8 Å². The number of hydrogen-bond donors (Lipinski definition) is 2. The number of hydrogen-bond acceptors (Lipinski definition) is 7. The van der Waals surface area contributed by atoms with Crippen LogP contribution in [-0.2, 0) is 4.79 Å². The molecule has 0 fully saturated rings. The summed E-state index contributed by atoms with van der Waals surface area (Å²) in [5, 5.41) is 17.1. The van der Waals surface area contributed by atoms with Crippen LogP contribution in [0.4, 0.5) is 5.95 Å². The lowest BCUT2D eigenvalue weighted by atomic mass is 10.0. The minimum atomic E-state index is -1.05. The van der Waals surface area contributed by atoms with Gasteiger partial charge in [-0.1, -0.05) is 17.8 Å². The number of fused-ring (bicyclic) bond motifs is 2. The summed E-state index contributed by atoms with van der Waals surface area (Å²) >= 11 is 1.39. The van der Waals surface area contributed by atoms with Crippen molar-refractivity contribution in [3.05, 3.63) is 35.5 Å². The first-order chi connectivity index (χ1) is 11.2. The van der Waals surface area contributed by atoms with E-state index in [1.807, 2.05) is 18.4 Å². The molecule has 9 heteroatoms. The quantitative estimate of drug-likeness (QED) is 0.820. The standard InChI is InChI=1S/C14H12N4O4S/c1-23-14-16-13-15-8(12(19)20)5-9(18(13)17-14)7-2-3-10-11(4-7)22-6-21-10/h2-5,9H,6H2,1H3,(H,19,20)(H,15,16,17)/t9-/m0/s1. The molecule has 23 heavy (non-hydrogen) atoms. The van der Waals surface area contributed by atoms with Gasteiger partial charge in [-0.25, -0.2) is 9.48 Å². The Morgan fingerprint density at radius 1 is 1.43 bits per heavy atom. The van der Waals surface area contributed by atoms with Crippen LogP contribution >= 0.6 is 11.8 Å². The zero-order valence-electron chi connectivity index (χ0n) is 12.0. The van der Waals surface area contributed by atoms with Crippen molar-refractivity contribution in [2.24, 2.45) is 0 Å². The van der Waals surface area contributed by atoms with E-state index >= 15 is 0 Å². The Kier molecular flexibility index (Phi) is 3.15. The summed E-state index contributed by atoms with van der Waals surface area (Å²) in [7, 11) is 0. The van der Waals surface area contributed by atoms with Gasteiger partial charge in [-0.3, -0.25) is 0 Å². The smallest absolute Gasteiger partial charge is 0.352 e. The van der Waals surface area contributed by atoms with Gasteiger partial charge < -0.3 is 19.9 Å². The lowest BCUT2D eigenvalue weighted by Crippen LogP contribution is -2.24. The first-order valence-corrected chi connectivity index (χ1v) is 8.00. The molecule has 1 aromatic heterocycles. The van der Waals surface area contributed by atoms with Crippen LogP contribution in [0, 0.1) is 0 Å². The van der Waals surface area contributed by atoms with E-state index in [4.69, 9.17) is 9.47 Å². The molecule has 0 unspecified atom stereocenters. The van der Waals surface area contributed by atoms with Crippen LogP contribution in [0.25, 0.3) is 0 Å². The number of nitrogens with zero attached hydrogens (tertiary/aromatic N) is 3. The Balaban J connectivity index is 1.82. The van der Waals surface area contributed by atoms with Crippen molar-refractivity contribution < 1.29 is 19.4 Å². The van der Waals surface area contributed by atoms with Crippen LogP contribution in [0.15, 0.2) is 35.1 Å². The van der Waals surface area contributed by atoms with E-state index in [9.17, 15) is 9.90 Å². The molecule has 0 saturated heterocycles. The molecule has 8 nitrogen and oxygen atoms in total. The van der Waals surface area contributed by atoms with Gasteiger partial charge in [0.2, 0.25) is 17.9 Å². The minimum absolute atomic E-state index is 0.0696. The van der Waals surface area contributed by atoms with Crippen LogP contribution in [0.1, 0.15) is 11.6 Å². The molecule has 0 saturated carbocycles. The number of anilines is 1. The Labute approximate surface area is 135 Å². The van der Waals surface area contributed by atoms with Crippen LogP contribution in [0.3, 0.4) is 0 Å². The molecular weight excluding hydrogens is 320 g/mol. The first kappa shape index (κ1) is 13.9. The third kappa shape index (κ3) is 2.29. The number of aliphatic carboxylic acids is 1. The first-order valence-electron chi connectivity index (χ1n) is 6.78. The number of carbonyl (C=O) groups is 1. The average Bonchev–Trinajstić information content (AvgIpc) is 3.18. The van der Waals surface area contributed by atoms with Crippen LogP contribution < -0.4 is 14.8 Å². The van der Waals surface area contributed by atoms with E-state index in [1.165, 1.54) is 11.8 Å². The molecule has 0 radical (unpaired) electrons. The van der Waals surface area contributed by atoms with E-state index < -0.39 is 5.97 Å². The van der Waals surface area contributed by atoms with E-state index in [-0.39, 0.29) is 18.5 Å². The number of carboxylic acids is 1. The van der Waals surface area contributed by atoms with Gasteiger partial charge in [-0.05, 0) is 30.0 Å². The molecule has 118 valence electrons. The van der Waals surface area contributed by atoms with Crippen molar-refractivity contribution in [3.63, 3.8) is 0 Å². The van der Waals surface area contributed by atoms with Gasteiger partial charge in [0.1, 0.15) is 11.7 Å². The molecule has 2 aliphatic heterocycles. The van der Waals surface area contributed by atoms with Crippen molar-refractivity contribution in [1.82, 2.24) is 14.8 Å². The molecule has 1 atom stereocenters. The fourth-order valence-corrected chi connectivity index (χ4v) is 2.87. The fourth-order valence-electron chi connectivity index (χ4n) is 2.52. The number of thioether (sulfide) groups is 1. The Hall–Kier alpha value is -2.68. The second-order valence-corrected chi connectivity index (χ2v) is 5.71. The van der Waals surface area contributed by atoms with Crippen molar-refractivity contribution in [3.8, 4) is 11.5 Å². The molecule has 0 spiro atoms. The molecule has 2 aromatic rings. The van der Waals surface area contributed by atoms with Gasteiger partial charge in [-0.2, -0.15) is 4.98 Å². The second-order valence-electron chi connectivity index (χ2n) is 4.93. The summed E-state index contributed by atoms with van der Waals surface area (Å²) in [4.78, 5) is 15.7. The predicted molar refractivity (Wildman–Crippen MR) is 81.8 cm³/mol. The molecular formula is C14H12N4O4S. The Morgan fingerprint density at radius 2 is 2.26 bits per heavy atom. The number of benzene rings is 1. The summed E-state index contributed by atoms with van der Waals surface area (Å²) < 4.78 is 12.4. The largest absolute Gasteiger partial charge is 0.477 e. The molecule has 4 rings (SSSR count). The number of rotatable bonds is 3. The lowest BCUT2D eigenvalue weighted by molar-refractivity contribution is -0.132. The summed E-state index contributed by atoms with van der Waals surface area (Å²) in [6.07, 6.45) is 3.47. The normalized spacial score (nSPS) is 18.1. The highest BCUT2D eigenvalue weighted by molar-refractivity contribution is 7.98. The average molecular weight is 332 g/mol. The van der Waals surface area contributed by atoms with Gasteiger partial charge in [-0.15, -0.1) is 5.10 Å². The summed E-state index contributed by atoms with van der Waals surface area (Å²) in [5.41, 5.74) is 0.911. The van der Waals surface area contributed by atoms with Gasteiger partial charge in [0, 0.05) is 0 Å². The highest BCUT2D eigenvalue weighted by Crippen LogP contribution is 2.37. The van der Waals surface area contributed by atoms with Crippen molar-refractivity contribution in [1.29, 1.82) is 0 Å². The van der Waals surface area contributed by atoms with Gasteiger partial charge in [0.15, 0.2) is 11.5 Å². The van der Waals surface area contributed by atoms with Crippen LogP contribution in [-0.4, -0.2) is 38.9 Å².